The molecule has 0 spiro atoms. The fraction of sp³-hybridized carbons (Fsp3) is 0.154. The Balaban J connectivity index is 2.44. The van der Waals surface area contributed by atoms with Gasteiger partial charge in [-0.2, -0.15) is 0 Å². The standard InChI is InChI=1S/C13H11ClN2O3/c1-2-19-9-5-3-4-8(6-9)12-15-7-10(14)11(16-12)13(17)18/h3-7H,2H2,1H3,(H,17,18). The van der Waals surface area contributed by atoms with Crippen LogP contribution in [-0.4, -0.2) is 27.7 Å². The molecule has 1 aromatic heterocycles. The molecule has 0 bridgehead atoms. The van der Waals surface area contributed by atoms with Gasteiger partial charge in [-0.05, 0) is 19.1 Å². The first-order valence-corrected chi connectivity index (χ1v) is 5.98. The molecule has 0 aliphatic rings. The lowest BCUT2D eigenvalue weighted by Crippen LogP contribution is -2.04. The quantitative estimate of drug-likeness (QED) is 0.931. The van der Waals surface area contributed by atoms with Crippen LogP contribution in [0, 0.1) is 0 Å². The van der Waals surface area contributed by atoms with Crippen molar-refractivity contribution in [3.63, 3.8) is 0 Å². The fourth-order valence-corrected chi connectivity index (χ4v) is 1.72. The Bertz CT molecular complexity index is 617. The van der Waals surface area contributed by atoms with Gasteiger partial charge in [0.2, 0.25) is 0 Å². The highest BCUT2D eigenvalue weighted by atomic mass is 35.5. The molecule has 0 saturated carbocycles. The molecule has 0 aliphatic carbocycles. The molecule has 1 heterocycles. The van der Waals surface area contributed by atoms with E-state index in [0.29, 0.717) is 23.7 Å². The number of benzene rings is 1. The predicted octanol–water partition coefficient (Wildman–Crippen LogP) is 2.89. The molecule has 2 rings (SSSR count). The molecule has 98 valence electrons. The van der Waals surface area contributed by atoms with E-state index in [-0.39, 0.29) is 10.7 Å². The van der Waals surface area contributed by atoms with Gasteiger partial charge in [-0.15, -0.1) is 0 Å². The van der Waals surface area contributed by atoms with Crippen molar-refractivity contribution in [1.82, 2.24) is 9.97 Å². The summed E-state index contributed by atoms with van der Waals surface area (Å²) in [6.07, 6.45) is 1.28. The molecule has 2 aromatic rings. The van der Waals surface area contributed by atoms with Gasteiger partial charge in [-0.3, -0.25) is 0 Å². The van der Waals surface area contributed by atoms with Gasteiger partial charge in [-0.1, -0.05) is 23.7 Å². The van der Waals surface area contributed by atoms with Crippen molar-refractivity contribution in [2.24, 2.45) is 0 Å². The lowest BCUT2D eigenvalue weighted by molar-refractivity contribution is 0.0690. The number of halogens is 1. The summed E-state index contributed by atoms with van der Waals surface area (Å²) in [5.74, 6) is -0.214. The molecule has 1 N–H and O–H groups in total. The highest BCUT2D eigenvalue weighted by molar-refractivity contribution is 6.33. The predicted molar refractivity (Wildman–Crippen MR) is 70.6 cm³/mol. The van der Waals surface area contributed by atoms with Gasteiger partial charge in [0.25, 0.3) is 0 Å². The zero-order chi connectivity index (χ0) is 13.8. The van der Waals surface area contributed by atoms with Crippen LogP contribution in [0.1, 0.15) is 17.4 Å². The third-order valence-corrected chi connectivity index (χ3v) is 2.63. The summed E-state index contributed by atoms with van der Waals surface area (Å²) in [6.45, 7) is 2.43. The zero-order valence-electron chi connectivity index (χ0n) is 10.1. The number of hydrogen-bond acceptors (Lipinski definition) is 4. The van der Waals surface area contributed by atoms with E-state index in [1.807, 2.05) is 6.92 Å². The first kappa shape index (κ1) is 13.3. The monoisotopic (exact) mass is 278 g/mol. The van der Waals surface area contributed by atoms with Gasteiger partial charge < -0.3 is 9.84 Å². The van der Waals surface area contributed by atoms with Gasteiger partial charge in [0, 0.05) is 5.56 Å². The average Bonchev–Trinajstić information content (AvgIpc) is 2.39. The maximum atomic E-state index is 11.0. The zero-order valence-corrected chi connectivity index (χ0v) is 10.9. The highest BCUT2D eigenvalue weighted by Crippen LogP contribution is 2.23. The molecule has 19 heavy (non-hydrogen) atoms. The van der Waals surface area contributed by atoms with Crippen molar-refractivity contribution < 1.29 is 14.6 Å². The van der Waals surface area contributed by atoms with E-state index in [4.69, 9.17) is 21.4 Å². The summed E-state index contributed by atoms with van der Waals surface area (Å²) >= 11 is 5.73. The third-order valence-electron chi connectivity index (χ3n) is 2.35. The van der Waals surface area contributed by atoms with E-state index in [0.717, 1.165) is 0 Å². The second-order valence-corrected chi connectivity index (χ2v) is 4.06. The number of nitrogens with zero attached hydrogens (tertiary/aromatic N) is 2. The summed E-state index contributed by atoms with van der Waals surface area (Å²) in [5.41, 5.74) is 0.457. The van der Waals surface area contributed by atoms with Crippen molar-refractivity contribution in [2.75, 3.05) is 6.61 Å². The summed E-state index contributed by atoms with van der Waals surface area (Å²) in [4.78, 5) is 19.0. The molecule has 0 aliphatic heterocycles. The van der Waals surface area contributed by atoms with Crippen LogP contribution >= 0.6 is 11.6 Å². The van der Waals surface area contributed by atoms with E-state index in [9.17, 15) is 4.79 Å². The third kappa shape index (κ3) is 3.00. The van der Waals surface area contributed by atoms with Crippen LogP contribution in [0.3, 0.4) is 0 Å². The van der Waals surface area contributed by atoms with Gasteiger partial charge in [0.1, 0.15) is 5.75 Å². The van der Waals surface area contributed by atoms with Gasteiger partial charge in [0.15, 0.2) is 11.5 Å². The Morgan fingerprint density at radius 3 is 2.95 bits per heavy atom. The number of aromatic nitrogens is 2. The number of carboxylic acids is 1. The smallest absolute Gasteiger partial charge is 0.356 e. The summed E-state index contributed by atoms with van der Waals surface area (Å²) in [5, 5.41) is 8.99. The second-order valence-electron chi connectivity index (χ2n) is 3.66. The Morgan fingerprint density at radius 1 is 1.47 bits per heavy atom. The number of aromatic carboxylic acids is 1. The van der Waals surface area contributed by atoms with Crippen molar-refractivity contribution >= 4 is 17.6 Å². The Hall–Kier alpha value is -2.14. The average molecular weight is 279 g/mol. The molecule has 0 saturated heterocycles. The van der Waals surface area contributed by atoms with Crippen LogP contribution in [-0.2, 0) is 0 Å². The molecule has 0 amide bonds. The van der Waals surface area contributed by atoms with Crippen LogP contribution in [0.5, 0.6) is 5.75 Å². The molecular formula is C13H11ClN2O3. The number of hydrogen-bond donors (Lipinski definition) is 1. The molecule has 0 atom stereocenters. The lowest BCUT2D eigenvalue weighted by atomic mass is 10.2. The Kier molecular flexibility index (Phi) is 3.97. The van der Waals surface area contributed by atoms with Gasteiger partial charge in [-0.25, -0.2) is 14.8 Å². The van der Waals surface area contributed by atoms with Crippen molar-refractivity contribution in [3.05, 3.63) is 41.2 Å². The van der Waals surface area contributed by atoms with Gasteiger partial charge >= 0.3 is 5.97 Å². The summed E-state index contributed by atoms with van der Waals surface area (Å²) < 4.78 is 5.37. The largest absolute Gasteiger partial charge is 0.494 e. The lowest BCUT2D eigenvalue weighted by Gasteiger charge is -2.06. The minimum Gasteiger partial charge on any atom is -0.494 e. The van der Waals surface area contributed by atoms with Crippen LogP contribution in [0.15, 0.2) is 30.5 Å². The minimum absolute atomic E-state index is 0.0113. The molecule has 0 unspecified atom stereocenters. The second kappa shape index (κ2) is 5.67. The Morgan fingerprint density at radius 2 is 2.26 bits per heavy atom. The van der Waals surface area contributed by atoms with Crippen LogP contribution in [0.4, 0.5) is 0 Å². The normalized spacial score (nSPS) is 10.2. The van der Waals surface area contributed by atoms with E-state index in [1.165, 1.54) is 6.20 Å². The summed E-state index contributed by atoms with van der Waals surface area (Å²) in [6, 6.07) is 7.12. The molecule has 0 radical (unpaired) electrons. The van der Waals surface area contributed by atoms with Crippen molar-refractivity contribution in [2.45, 2.75) is 6.92 Å². The number of carbonyl (C=O) groups is 1. The topological polar surface area (TPSA) is 72.3 Å². The molecule has 0 fully saturated rings. The molecule has 1 aromatic carbocycles. The number of ether oxygens (including phenoxy) is 1. The Labute approximate surface area is 114 Å². The maximum Gasteiger partial charge on any atom is 0.356 e. The summed E-state index contributed by atoms with van der Waals surface area (Å²) in [7, 11) is 0. The van der Waals surface area contributed by atoms with Crippen LogP contribution in [0.25, 0.3) is 11.4 Å². The minimum atomic E-state index is -1.19. The SMILES string of the molecule is CCOc1cccc(-c2ncc(Cl)c(C(=O)O)n2)c1. The van der Waals surface area contributed by atoms with E-state index in [2.05, 4.69) is 9.97 Å². The molecule has 5 nitrogen and oxygen atoms in total. The molecular weight excluding hydrogens is 268 g/mol. The van der Waals surface area contributed by atoms with E-state index in [1.54, 1.807) is 24.3 Å². The van der Waals surface area contributed by atoms with Gasteiger partial charge in [0.05, 0.1) is 17.8 Å². The number of carboxylic acid groups (broad SMARTS) is 1. The van der Waals surface area contributed by atoms with Crippen LogP contribution < -0.4 is 4.74 Å². The van der Waals surface area contributed by atoms with E-state index >= 15 is 0 Å². The maximum absolute atomic E-state index is 11.0. The fourth-order valence-electron chi connectivity index (χ4n) is 1.55. The highest BCUT2D eigenvalue weighted by Gasteiger charge is 2.13. The van der Waals surface area contributed by atoms with Crippen molar-refractivity contribution in [3.8, 4) is 17.1 Å². The first-order chi connectivity index (χ1) is 9.11. The van der Waals surface area contributed by atoms with E-state index < -0.39 is 5.97 Å². The first-order valence-electron chi connectivity index (χ1n) is 5.61. The van der Waals surface area contributed by atoms with Crippen LogP contribution in [0.2, 0.25) is 5.02 Å². The number of rotatable bonds is 4. The molecule has 6 heteroatoms. The van der Waals surface area contributed by atoms with Crippen molar-refractivity contribution in [1.29, 1.82) is 0 Å².